The molecule has 1 saturated heterocycles. The first kappa shape index (κ1) is 19.4. The summed E-state index contributed by atoms with van der Waals surface area (Å²) in [4.78, 5) is 12.4. The van der Waals surface area contributed by atoms with Gasteiger partial charge in [0.15, 0.2) is 0 Å². The maximum atomic E-state index is 12.4. The summed E-state index contributed by atoms with van der Waals surface area (Å²) in [5, 5.41) is 6.09. The Hall–Kier alpha value is -2.41. The number of anilines is 1. The normalized spacial score (nSPS) is 19.5. The maximum absolute atomic E-state index is 12.4. The standard InChI is InChI=1S/C21H26N2O4/c1-15-20(22-12-14-26-15)21(24)23-17-5-9-19(10-6-17)27-18-7-3-16(4-8-18)11-13-25-2/h3-10,15,20,22H,11-14H2,1-2H3,(H,23,24)/t15-,20+/m1/s1. The number of hydrogen-bond donors (Lipinski definition) is 2. The molecule has 2 aromatic carbocycles. The van der Waals surface area contributed by atoms with Gasteiger partial charge in [0, 0.05) is 19.3 Å². The van der Waals surface area contributed by atoms with Crippen LogP contribution in [0.4, 0.5) is 5.69 Å². The molecular weight excluding hydrogens is 344 g/mol. The van der Waals surface area contributed by atoms with E-state index < -0.39 is 0 Å². The average molecular weight is 370 g/mol. The molecule has 0 aromatic heterocycles. The number of benzene rings is 2. The van der Waals surface area contributed by atoms with Gasteiger partial charge in [-0.3, -0.25) is 4.79 Å². The molecule has 0 aliphatic carbocycles. The molecule has 1 amide bonds. The number of rotatable bonds is 7. The third kappa shape index (κ3) is 5.53. The van der Waals surface area contributed by atoms with Gasteiger partial charge in [-0.1, -0.05) is 12.1 Å². The first-order valence-electron chi connectivity index (χ1n) is 9.17. The monoisotopic (exact) mass is 370 g/mol. The zero-order chi connectivity index (χ0) is 19.1. The molecule has 2 aromatic rings. The van der Waals surface area contributed by atoms with Crippen LogP contribution in [0.25, 0.3) is 0 Å². The highest BCUT2D eigenvalue weighted by molar-refractivity contribution is 5.95. The van der Waals surface area contributed by atoms with Gasteiger partial charge in [-0.15, -0.1) is 0 Å². The van der Waals surface area contributed by atoms with Crippen LogP contribution in [0.2, 0.25) is 0 Å². The molecule has 1 aliphatic rings. The quantitative estimate of drug-likeness (QED) is 0.784. The number of hydrogen-bond acceptors (Lipinski definition) is 5. The van der Waals surface area contributed by atoms with Gasteiger partial charge in [0.1, 0.15) is 17.5 Å². The van der Waals surface area contributed by atoms with Crippen molar-refractivity contribution in [2.75, 3.05) is 32.2 Å². The second-order valence-electron chi connectivity index (χ2n) is 6.51. The Kier molecular flexibility index (Phi) is 6.81. The number of carbonyl (C=O) groups excluding carboxylic acids is 1. The molecule has 0 unspecified atom stereocenters. The van der Waals surface area contributed by atoms with E-state index in [1.165, 1.54) is 5.56 Å². The Labute approximate surface area is 159 Å². The predicted molar refractivity (Wildman–Crippen MR) is 104 cm³/mol. The minimum Gasteiger partial charge on any atom is -0.457 e. The summed E-state index contributed by atoms with van der Waals surface area (Å²) in [7, 11) is 1.70. The topological polar surface area (TPSA) is 68.8 Å². The van der Waals surface area contributed by atoms with Crippen molar-refractivity contribution in [1.82, 2.24) is 5.32 Å². The third-order valence-electron chi connectivity index (χ3n) is 4.47. The van der Waals surface area contributed by atoms with Crippen LogP contribution >= 0.6 is 0 Å². The summed E-state index contributed by atoms with van der Waals surface area (Å²) < 4.78 is 16.5. The molecular formula is C21H26N2O4. The van der Waals surface area contributed by atoms with Crippen LogP contribution in [0.1, 0.15) is 12.5 Å². The maximum Gasteiger partial charge on any atom is 0.244 e. The molecule has 2 N–H and O–H groups in total. The van der Waals surface area contributed by atoms with Gasteiger partial charge in [0.25, 0.3) is 0 Å². The SMILES string of the molecule is COCCc1ccc(Oc2ccc(NC(=O)[C@H]3NCCO[C@@H]3C)cc2)cc1. The van der Waals surface area contributed by atoms with Crippen LogP contribution < -0.4 is 15.4 Å². The van der Waals surface area contributed by atoms with Gasteiger partial charge in [-0.2, -0.15) is 0 Å². The van der Waals surface area contributed by atoms with Gasteiger partial charge < -0.3 is 24.8 Å². The molecule has 2 atom stereocenters. The fraction of sp³-hybridized carbons (Fsp3) is 0.381. The summed E-state index contributed by atoms with van der Waals surface area (Å²) in [6.07, 6.45) is 0.734. The Morgan fingerprint density at radius 3 is 2.44 bits per heavy atom. The highest BCUT2D eigenvalue weighted by Gasteiger charge is 2.28. The van der Waals surface area contributed by atoms with Crippen LogP contribution in [0.3, 0.4) is 0 Å². The number of methoxy groups -OCH3 is 1. The molecule has 0 bridgehead atoms. The van der Waals surface area contributed by atoms with Crippen molar-refractivity contribution in [3.63, 3.8) is 0 Å². The molecule has 1 fully saturated rings. The molecule has 0 saturated carbocycles. The summed E-state index contributed by atoms with van der Waals surface area (Å²) >= 11 is 0. The van der Waals surface area contributed by atoms with Crippen LogP contribution in [-0.2, 0) is 20.7 Å². The fourth-order valence-electron chi connectivity index (χ4n) is 2.93. The molecule has 6 nitrogen and oxygen atoms in total. The molecule has 27 heavy (non-hydrogen) atoms. The van der Waals surface area contributed by atoms with E-state index in [0.717, 1.165) is 17.9 Å². The van der Waals surface area contributed by atoms with E-state index in [0.29, 0.717) is 25.5 Å². The number of ether oxygens (including phenoxy) is 3. The first-order valence-corrected chi connectivity index (χ1v) is 9.17. The van der Waals surface area contributed by atoms with Crippen molar-refractivity contribution >= 4 is 11.6 Å². The molecule has 1 heterocycles. The third-order valence-corrected chi connectivity index (χ3v) is 4.47. The highest BCUT2D eigenvalue weighted by atomic mass is 16.5. The Morgan fingerprint density at radius 1 is 1.15 bits per heavy atom. The number of carbonyl (C=O) groups is 1. The minimum absolute atomic E-state index is 0.0949. The van der Waals surface area contributed by atoms with Crippen molar-refractivity contribution < 1.29 is 19.0 Å². The van der Waals surface area contributed by atoms with E-state index in [1.54, 1.807) is 7.11 Å². The van der Waals surface area contributed by atoms with E-state index >= 15 is 0 Å². The smallest absolute Gasteiger partial charge is 0.244 e. The van der Waals surface area contributed by atoms with E-state index in [-0.39, 0.29) is 18.1 Å². The Morgan fingerprint density at radius 2 is 1.81 bits per heavy atom. The second kappa shape index (κ2) is 9.50. The summed E-state index contributed by atoms with van der Waals surface area (Å²) in [5.74, 6) is 1.39. The van der Waals surface area contributed by atoms with Gasteiger partial charge in [0.05, 0.1) is 19.3 Å². The van der Waals surface area contributed by atoms with Gasteiger partial charge in [0.2, 0.25) is 5.91 Å². The molecule has 1 aliphatic heterocycles. The molecule has 3 rings (SSSR count). The lowest BCUT2D eigenvalue weighted by atomic mass is 10.1. The Bertz CT molecular complexity index is 731. The van der Waals surface area contributed by atoms with Gasteiger partial charge in [-0.25, -0.2) is 0 Å². The lowest BCUT2D eigenvalue weighted by Gasteiger charge is -2.29. The van der Waals surface area contributed by atoms with Crippen molar-refractivity contribution in [2.24, 2.45) is 0 Å². The van der Waals surface area contributed by atoms with E-state index in [2.05, 4.69) is 10.6 Å². The zero-order valence-electron chi connectivity index (χ0n) is 15.7. The average Bonchev–Trinajstić information content (AvgIpc) is 2.69. The van der Waals surface area contributed by atoms with Gasteiger partial charge >= 0.3 is 0 Å². The van der Waals surface area contributed by atoms with Crippen LogP contribution in [0.15, 0.2) is 48.5 Å². The minimum atomic E-state index is -0.341. The van der Waals surface area contributed by atoms with Crippen LogP contribution in [-0.4, -0.2) is 44.9 Å². The predicted octanol–water partition coefficient (Wildman–Crippen LogP) is 2.98. The van der Waals surface area contributed by atoms with Crippen molar-refractivity contribution in [3.8, 4) is 11.5 Å². The molecule has 144 valence electrons. The summed E-state index contributed by atoms with van der Waals surface area (Å²) in [5.41, 5.74) is 1.93. The molecule has 0 radical (unpaired) electrons. The van der Waals surface area contributed by atoms with E-state index in [1.807, 2.05) is 55.5 Å². The van der Waals surface area contributed by atoms with Crippen molar-refractivity contribution in [2.45, 2.75) is 25.5 Å². The number of nitrogens with one attached hydrogen (secondary N) is 2. The fourth-order valence-corrected chi connectivity index (χ4v) is 2.93. The van der Waals surface area contributed by atoms with Crippen LogP contribution in [0, 0.1) is 0 Å². The molecule has 6 heteroatoms. The summed E-state index contributed by atoms with van der Waals surface area (Å²) in [6.45, 7) is 3.91. The Balaban J connectivity index is 1.54. The van der Waals surface area contributed by atoms with Gasteiger partial charge in [-0.05, 0) is 55.3 Å². The highest BCUT2D eigenvalue weighted by Crippen LogP contribution is 2.23. The van der Waals surface area contributed by atoms with Crippen molar-refractivity contribution in [1.29, 1.82) is 0 Å². The summed E-state index contributed by atoms with van der Waals surface area (Å²) in [6, 6.07) is 14.9. The van der Waals surface area contributed by atoms with E-state index in [4.69, 9.17) is 14.2 Å². The molecule has 0 spiro atoms. The second-order valence-corrected chi connectivity index (χ2v) is 6.51. The lowest BCUT2D eigenvalue weighted by Crippen LogP contribution is -2.53. The first-order chi connectivity index (χ1) is 13.2. The van der Waals surface area contributed by atoms with Crippen LogP contribution in [0.5, 0.6) is 11.5 Å². The number of morpholine rings is 1. The lowest BCUT2D eigenvalue weighted by molar-refractivity contribution is -0.123. The van der Waals surface area contributed by atoms with Crippen molar-refractivity contribution in [3.05, 3.63) is 54.1 Å². The number of amides is 1. The zero-order valence-corrected chi connectivity index (χ0v) is 15.7. The van der Waals surface area contributed by atoms with E-state index in [9.17, 15) is 4.79 Å². The largest absolute Gasteiger partial charge is 0.457 e.